The molecule has 0 aliphatic carbocycles. The molecule has 0 atom stereocenters. The van der Waals surface area contributed by atoms with Crippen LogP contribution in [0.5, 0.6) is 0 Å². The Balaban J connectivity index is 1.14. The summed E-state index contributed by atoms with van der Waals surface area (Å²) in [6.07, 6.45) is 0. The molecule has 0 unspecified atom stereocenters. The highest BCUT2D eigenvalue weighted by molar-refractivity contribution is 6.20. The monoisotopic (exact) mass is 601 g/mol. The number of furan rings is 2. The summed E-state index contributed by atoms with van der Waals surface area (Å²) in [4.78, 5) is 0. The highest BCUT2D eigenvalue weighted by Crippen LogP contribution is 2.44. The van der Waals surface area contributed by atoms with Gasteiger partial charge in [-0.05, 0) is 52.6 Å². The fourth-order valence-electron chi connectivity index (χ4n) is 7.32. The van der Waals surface area contributed by atoms with Crippen molar-refractivity contribution in [2.45, 2.75) is 0 Å². The third kappa shape index (κ3) is 3.87. The number of rotatable bonds is 4. The van der Waals surface area contributed by atoms with E-state index in [0.29, 0.717) is 0 Å². The summed E-state index contributed by atoms with van der Waals surface area (Å²) < 4.78 is 15.6. The van der Waals surface area contributed by atoms with E-state index in [-0.39, 0.29) is 0 Å². The van der Waals surface area contributed by atoms with Crippen LogP contribution < -0.4 is 0 Å². The minimum absolute atomic E-state index is 0.883. The summed E-state index contributed by atoms with van der Waals surface area (Å²) in [5.41, 5.74) is 13.7. The van der Waals surface area contributed by atoms with Crippen molar-refractivity contribution in [3.8, 4) is 39.1 Å². The molecule has 0 radical (unpaired) electrons. The van der Waals surface area contributed by atoms with E-state index < -0.39 is 0 Å². The van der Waals surface area contributed by atoms with Gasteiger partial charge in [-0.1, -0.05) is 133 Å². The van der Waals surface area contributed by atoms with Gasteiger partial charge in [0.05, 0.1) is 10.9 Å². The first-order valence-corrected chi connectivity index (χ1v) is 15.9. The predicted octanol–water partition coefficient (Wildman–Crippen LogP) is 12.4. The number of benzene rings is 7. The maximum absolute atomic E-state index is 6.70. The smallest absolute Gasteiger partial charge is 0.161 e. The Hall–Kier alpha value is -6.32. The second kappa shape index (κ2) is 10.1. The van der Waals surface area contributed by atoms with E-state index in [1.807, 2.05) is 6.07 Å². The molecule has 0 saturated heterocycles. The van der Waals surface area contributed by atoms with E-state index in [0.717, 1.165) is 94.0 Å². The molecular weight excluding hydrogens is 574 g/mol. The van der Waals surface area contributed by atoms with E-state index in [4.69, 9.17) is 8.83 Å². The third-order valence-corrected chi connectivity index (χ3v) is 9.43. The van der Waals surface area contributed by atoms with Crippen LogP contribution in [0.3, 0.4) is 0 Å². The molecule has 3 aromatic heterocycles. The molecule has 3 heterocycles. The van der Waals surface area contributed by atoms with Crippen LogP contribution in [0.1, 0.15) is 0 Å². The first-order valence-electron chi connectivity index (χ1n) is 15.9. The minimum Gasteiger partial charge on any atom is -0.455 e. The Bertz CT molecular complexity index is 2760. The number of hydrogen-bond acceptors (Lipinski definition) is 2. The SMILES string of the molecule is c1ccc(-c2cccc3c2oc2c(-c4ccc(-c5cccc6oc7c8ccccc8n(-c8ccccc8)c7c56)cc4)cccc23)cc1. The van der Waals surface area contributed by atoms with Crippen molar-refractivity contribution in [2.75, 3.05) is 0 Å². The number of aromatic nitrogens is 1. The lowest BCUT2D eigenvalue weighted by atomic mass is 9.97. The van der Waals surface area contributed by atoms with Gasteiger partial charge in [0.2, 0.25) is 0 Å². The molecule has 10 rings (SSSR count). The predicted molar refractivity (Wildman–Crippen MR) is 194 cm³/mol. The van der Waals surface area contributed by atoms with Crippen LogP contribution >= 0.6 is 0 Å². The molecule has 7 aromatic carbocycles. The van der Waals surface area contributed by atoms with Crippen molar-refractivity contribution in [3.05, 3.63) is 164 Å². The number of fused-ring (bicyclic) bond motifs is 8. The molecule has 0 N–H and O–H groups in total. The summed E-state index contributed by atoms with van der Waals surface area (Å²) in [7, 11) is 0. The van der Waals surface area contributed by atoms with Crippen LogP contribution in [-0.4, -0.2) is 4.57 Å². The first-order chi connectivity index (χ1) is 23.3. The van der Waals surface area contributed by atoms with Crippen molar-refractivity contribution >= 4 is 54.9 Å². The van der Waals surface area contributed by atoms with E-state index in [2.05, 4.69) is 162 Å². The highest BCUT2D eigenvalue weighted by Gasteiger charge is 2.22. The molecule has 3 heteroatoms. The van der Waals surface area contributed by atoms with Crippen molar-refractivity contribution in [3.63, 3.8) is 0 Å². The van der Waals surface area contributed by atoms with Crippen LogP contribution in [0, 0.1) is 0 Å². The Morgan fingerprint density at radius 3 is 1.60 bits per heavy atom. The molecule has 0 aliphatic rings. The zero-order valence-corrected chi connectivity index (χ0v) is 25.4. The van der Waals surface area contributed by atoms with Gasteiger partial charge in [-0.3, -0.25) is 0 Å². The molecule has 0 fully saturated rings. The van der Waals surface area contributed by atoms with Gasteiger partial charge < -0.3 is 13.4 Å². The zero-order valence-electron chi connectivity index (χ0n) is 25.4. The normalized spacial score (nSPS) is 11.8. The largest absolute Gasteiger partial charge is 0.455 e. The second-order valence-electron chi connectivity index (χ2n) is 12.1. The van der Waals surface area contributed by atoms with Gasteiger partial charge in [0.25, 0.3) is 0 Å². The Morgan fingerprint density at radius 1 is 0.362 bits per heavy atom. The van der Waals surface area contributed by atoms with Gasteiger partial charge in [0.15, 0.2) is 5.58 Å². The molecule has 220 valence electrons. The van der Waals surface area contributed by atoms with Crippen molar-refractivity contribution in [1.82, 2.24) is 4.57 Å². The molecular formula is C44H27NO2. The van der Waals surface area contributed by atoms with Crippen molar-refractivity contribution < 1.29 is 8.83 Å². The highest BCUT2D eigenvalue weighted by atomic mass is 16.3. The lowest BCUT2D eigenvalue weighted by Gasteiger charge is -2.10. The average molecular weight is 602 g/mol. The topological polar surface area (TPSA) is 31.2 Å². The second-order valence-corrected chi connectivity index (χ2v) is 12.1. The molecule has 10 aromatic rings. The maximum atomic E-state index is 6.70. The first kappa shape index (κ1) is 26.0. The van der Waals surface area contributed by atoms with Crippen LogP contribution in [-0.2, 0) is 0 Å². The maximum Gasteiger partial charge on any atom is 0.161 e. The number of para-hydroxylation sites is 4. The molecule has 0 aliphatic heterocycles. The quantitative estimate of drug-likeness (QED) is 0.201. The number of nitrogens with zero attached hydrogens (tertiary/aromatic N) is 1. The molecule has 0 bridgehead atoms. The van der Waals surface area contributed by atoms with Gasteiger partial charge in [-0.25, -0.2) is 0 Å². The fraction of sp³-hybridized carbons (Fsp3) is 0. The van der Waals surface area contributed by atoms with Gasteiger partial charge in [-0.15, -0.1) is 0 Å². The van der Waals surface area contributed by atoms with Crippen LogP contribution in [0.2, 0.25) is 0 Å². The minimum atomic E-state index is 0.883. The van der Waals surface area contributed by atoms with Gasteiger partial charge in [0, 0.05) is 33.0 Å². The lowest BCUT2D eigenvalue weighted by molar-refractivity contribution is 0.671. The summed E-state index contributed by atoms with van der Waals surface area (Å²) in [6, 6.07) is 57.5. The van der Waals surface area contributed by atoms with Gasteiger partial charge in [0.1, 0.15) is 22.3 Å². The molecule has 0 amide bonds. The Kier molecular flexibility index (Phi) is 5.57. The molecule has 0 saturated carbocycles. The summed E-state index contributed by atoms with van der Waals surface area (Å²) in [6.45, 7) is 0. The molecule has 3 nitrogen and oxygen atoms in total. The zero-order chi connectivity index (χ0) is 30.9. The average Bonchev–Trinajstić information content (AvgIpc) is 3.81. The van der Waals surface area contributed by atoms with E-state index in [1.165, 1.54) is 0 Å². The van der Waals surface area contributed by atoms with Gasteiger partial charge >= 0.3 is 0 Å². The van der Waals surface area contributed by atoms with Crippen LogP contribution in [0.15, 0.2) is 173 Å². The summed E-state index contributed by atoms with van der Waals surface area (Å²) in [5.74, 6) is 0. The van der Waals surface area contributed by atoms with E-state index in [1.54, 1.807) is 0 Å². The van der Waals surface area contributed by atoms with Crippen molar-refractivity contribution in [2.24, 2.45) is 0 Å². The van der Waals surface area contributed by atoms with Crippen LogP contribution in [0.25, 0.3) is 94.0 Å². The third-order valence-electron chi connectivity index (χ3n) is 9.43. The standard InChI is InChI=1S/C44H27NO2/c1-3-12-28(13-4-1)33-18-9-20-35-36-21-10-19-34(43(36)47-42(33)35)30-26-24-29(25-27-30)32-17-11-23-39-40(32)41-44(46-39)37-16-7-8-22-38(37)45(41)31-14-5-2-6-15-31/h1-27H. The lowest BCUT2D eigenvalue weighted by Crippen LogP contribution is -1.93. The van der Waals surface area contributed by atoms with Crippen LogP contribution in [0.4, 0.5) is 0 Å². The number of hydrogen-bond donors (Lipinski definition) is 0. The summed E-state index contributed by atoms with van der Waals surface area (Å²) in [5, 5.41) is 4.48. The summed E-state index contributed by atoms with van der Waals surface area (Å²) >= 11 is 0. The molecule has 0 spiro atoms. The van der Waals surface area contributed by atoms with E-state index in [9.17, 15) is 0 Å². The Morgan fingerprint density at radius 2 is 0.894 bits per heavy atom. The van der Waals surface area contributed by atoms with Crippen molar-refractivity contribution in [1.29, 1.82) is 0 Å². The van der Waals surface area contributed by atoms with Gasteiger partial charge in [-0.2, -0.15) is 0 Å². The Labute approximate surface area is 270 Å². The van der Waals surface area contributed by atoms with E-state index >= 15 is 0 Å². The fourth-order valence-corrected chi connectivity index (χ4v) is 7.32. The molecule has 47 heavy (non-hydrogen) atoms.